The first kappa shape index (κ1) is 64.8. The number of benzene rings is 3. The van der Waals surface area contributed by atoms with Crippen molar-refractivity contribution in [2.24, 2.45) is 0 Å². The molecule has 3 atom stereocenters. The van der Waals surface area contributed by atoms with Crippen molar-refractivity contribution in [2.75, 3.05) is 35.6 Å². The van der Waals surface area contributed by atoms with Gasteiger partial charge in [-0.3, -0.25) is 28.2 Å². The number of para-hydroxylation sites is 3. The molecule has 3 aromatic carbocycles. The lowest BCUT2D eigenvalue weighted by Crippen LogP contribution is -2.09. The summed E-state index contributed by atoms with van der Waals surface area (Å²) in [6.45, 7) is 15.4. The van der Waals surface area contributed by atoms with Crippen molar-refractivity contribution in [3.05, 3.63) is 235 Å². The molecule has 19 heteroatoms. The molecule has 0 amide bonds. The number of nitrogens with one attached hydrogen (secondary N) is 6. The van der Waals surface area contributed by atoms with Gasteiger partial charge in [-0.2, -0.15) is 0 Å². The molecule has 18 nitrogen and oxygen atoms in total. The number of imidazole rings is 3. The van der Waals surface area contributed by atoms with Crippen molar-refractivity contribution in [2.45, 2.75) is 117 Å². The average molecular weight is 1310 g/mol. The number of hydrogen-bond acceptors (Lipinski definition) is 12. The van der Waals surface area contributed by atoms with Gasteiger partial charge in [-0.05, 0) is 134 Å². The van der Waals surface area contributed by atoms with Gasteiger partial charge in [0.05, 0.1) is 23.3 Å². The maximum Gasteiger partial charge on any atom is 0.180 e. The van der Waals surface area contributed by atoms with Crippen LogP contribution in [0.15, 0.2) is 184 Å². The molecule has 15 aromatic rings. The fourth-order valence-electron chi connectivity index (χ4n) is 12.9. The Morgan fingerprint density at radius 3 is 1.24 bits per heavy atom. The molecule has 99 heavy (non-hydrogen) atoms. The summed E-state index contributed by atoms with van der Waals surface area (Å²) in [4.78, 5) is 51.7. The van der Waals surface area contributed by atoms with E-state index in [9.17, 15) is 4.39 Å². The fraction of sp³-hybridized carbons (Fsp3) is 0.263. The Balaban J connectivity index is 0.000000127. The maximum atomic E-state index is 13.8. The van der Waals surface area contributed by atoms with E-state index in [1.807, 2.05) is 61.6 Å². The van der Waals surface area contributed by atoms with E-state index in [0.717, 1.165) is 131 Å². The van der Waals surface area contributed by atoms with Crippen LogP contribution in [0, 0.1) is 18.2 Å². The number of aromatic nitrogens is 15. The van der Waals surface area contributed by atoms with Gasteiger partial charge in [0.2, 0.25) is 0 Å². The second-order valence-corrected chi connectivity index (χ2v) is 25.9. The van der Waals surface area contributed by atoms with Gasteiger partial charge in [0.1, 0.15) is 5.82 Å². The SMILES string of the molecule is C#Cc1cncc(-c2cn3c(C(C)CC)cnc3c(NCCc3c[nH]c4ccccc34)n2)c1.CCC(C)c1cnc2c(NCCc3c[nH]c4ccccc34)nc(-c3cncc(C4CC4)c3)cn12.CCC(C)c1cnc2c(NCCc3c[nH]c4ccccc34)nc(-c3cncc(F)c3)cn12. The zero-order valence-electron chi connectivity index (χ0n) is 56.7. The average Bonchev–Trinajstić information content (AvgIpc) is 1.67. The Labute approximate surface area is 574 Å². The summed E-state index contributed by atoms with van der Waals surface area (Å²) in [7, 11) is 0. The zero-order chi connectivity index (χ0) is 67.9. The molecule has 0 saturated heterocycles. The first-order chi connectivity index (χ1) is 48.5. The molecule has 1 fully saturated rings. The second-order valence-electron chi connectivity index (χ2n) is 25.9. The minimum absolute atomic E-state index is 0.338. The number of aromatic amines is 3. The lowest BCUT2D eigenvalue weighted by Gasteiger charge is -2.13. The van der Waals surface area contributed by atoms with Gasteiger partial charge in [-0.25, -0.2) is 34.3 Å². The number of halogens is 1. The van der Waals surface area contributed by atoms with Crippen LogP contribution in [0.1, 0.15) is 142 Å². The third-order valence-corrected chi connectivity index (χ3v) is 19.3. The molecule has 498 valence electrons. The first-order valence-corrected chi connectivity index (χ1v) is 34.5. The molecule has 0 bridgehead atoms. The molecular formula is C80H81FN18. The minimum atomic E-state index is -0.383. The Morgan fingerprint density at radius 2 is 0.859 bits per heavy atom. The van der Waals surface area contributed by atoms with Gasteiger partial charge in [-0.15, -0.1) is 6.42 Å². The monoisotopic (exact) mass is 1310 g/mol. The summed E-state index contributed by atoms with van der Waals surface area (Å²) < 4.78 is 20.3. The van der Waals surface area contributed by atoms with E-state index in [0.29, 0.717) is 47.3 Å². The molecule has 0 aliphatic heterocycles. The Morgan fingerprint density at radius 1 is 0.485 bits per heavy atom. The van der Waals surface area contributed by atoms with Crippen LogP contribution in [0.5, 0.6) is 0 Å². The highest BCUT2D eigenvalue weighted by molar-refractivity contribution is 5.85. The van der Waals surface area contributed by atoms with Gasteiger partial charge >= 0.3 is 0 Å². The molecule has 1 saturated carbocycles. The van der Waals surface area contributed by atoms with Crippen LogP contribution < -0.4 is 16.0 Å². The number of terminal acetylenes is 1. The summed E-state index contributed by atoms with van der Waals surface area (Å²) in [5, 5.41) is 14.3. The van der Waals surface area contributed by atoms with Crippen LogP contribution in [-0.4, -0.2) is 92.6 Å². The maximum absolute atomic E-state index is 13.8. The smallest absolute Gasteiger partial charge is 0.180 e. The Bertz CT molecular complexity index is 5370. The predicted molar refractivity (Wildman–Crippen MR) is 396 cm³/mol. The van der Waals surface area contributed by atoms with E-state index >= 15 is 0 Å². The van der Waals surface area contributed by atoms with Crippen LogP contribution in [-0.2, 0) is 19.3 Å². The summed E-state index contributed by atoms with van der Waals surface area (Å²) in [6, 6.07) is 30.7. The topological polar surface area (TPSA) is 213 Å². The number of pyridine rings is 3. The molecular weight excluding hydrogens is 1230 g/mol. The van der Waals surface area contributed by atoms with E-state index in [1.165, 1.54) is 74.7 Å². The van der Waals surface area contributed by atoms with Crippen LogP contribution in [0.2, 0.25) is 0 Å². The molecule has 0 radical (unpaired) electrons. The third-order valence-electron chi connectivity index (χ3n) is 19.3. The number of nitrogens with zero attached hydrogens (tertiary/aromatic N) is 12. The molecule has 1 aliphatic carbocycles. The Kier molecular flexibility index (Phi) is 19.0. The summed E-state index contributed by atoms with van der Waals surface area (Å²) in [5.74, 6) is 6.33. The lowest BCUT2D eigenvalue weighted by molar-refractivity contribution is 0.622. The van der Waals surface area contributed by atoms with Gasteiger partial charge in [0.25, 0.3) is 0 Å². The largest absolute Gasteiger partial charge is 0.367 e. The van der Waals surface area contributed by atoms with E-state index in [4.69, 9.17) is 31.3 Å². The summed E-state index contributed by atoms with van der Waals surface area (Å²) in [5.41, 5.74) is 20.3. The van der Waals surface area contributed by atoms with Crippen molar-refractivity contribution in [1.29, 1.82) is 0 Å². The van der Waals surface area contributed by atoms with Crippen molar-refractivity contribution in [1.82, 2.24) is 73.0 Å². The van der Waals surface area contributed by atoms with Gasteiger partial charge in [0.15, 0.2) is 34.4 Å². The number of fused-ring (bicyclic) bond motifs is 6. The molecule has 6 N–H and O–H groups in total. The molecule has 16 rings (SSSR count). The minimum Gasteiger partial charge on any atom is -0.367 e. The predicted octanol–water partition coefficient (Wildman–Crippen LogP) is 17.3. The first-order valence-electron chi connectivity index (χ1n) is 34.5. The number of anilines is 3. The van der Waals surface area contributed by atoms with Crippen molar-refractivity contribution < 1.29 is 4.39 Å². The van der Waals surface area contributed by atoms with Crippen molar-refractivity contribution in [3.63, 3.8) is 0 Å². The van der Waals surface area contributed by atoms with Gasteiger partial charge in [-0.1, -0.05) is 102 Å². The quantitative estimate of drug-likeness (QED) is 0.0350. The van der Waals surface area contributed by atoms with Gasteiger partial charge < -0.3 is 30.9 Å². The van der Waals surface area contributed by atoms with Crippen LogP contribution in [0.25, 0.3) is 83.4 Å². The number of rotatable bonds is 22. The number of H-pyrrole nitrogens is 3. The lowest BCUT2D eigenvalue weighted by atomic mass is 10.1. The summed E-state index contributed by atoms with van der Waals surface area (Å²) >= 11 is 0. The van der Waals surface area contributed by atoms with Crippen LogP contribution in [0.4, 0.5) is 21.8 Å². The van der Waals surface area contributed by atoms with Crippen molar-refractivity contribution in [3.8, 4) is 46.1 Å². The van der Waals surface area contributed by atoms with E-state index in [-0.39, 0.29) is 5.82 Å². The van der Waals surface area contributed by atoms with E-state index in [2.05, 4.69) is 203 Å². The van der Waals surface area contributed by atoms with Gasteiger partial charge in [0, 0.05) is 178 Å². The molecule has 12 aromatic heterocycles. The van der Waals surface area contributed by atoms with E-state index in [1.54, 1.807) is 18.6 Å². The second kappa shape index (κ2) is 29.1. The third kappa shape index (κ3) is 13.9. The molecule has 3 unspecified atom stereocenters. The van der Waals surface area contributed by atoms with Crippen LogP contribution >= 0.6 is 0 Å². The normalized spacial score (nSPS) is 13.1. The standard InChI is InChI=1S/C28H30N6.C27H26N6.C25H25FN6/c1-3-18(2)26-16-32-28-27(30-11-10-20-15-31-24-7-5-4-6-23(20)24)33-25(17-34(26)28)22-12-21(13-29-14-22)19-8-9-19;1-4-18(3)25-16-31-27-26(29-11-10-20-15-30-23-9-7-6-8-22(20)23)32-24(17-33(25)27)21-12-19(5-2)13-28-14-21;1-3-16(2)23-14-30-25-24(28-9-8-17-12-29-21-7-5-4-6-20(17)21)31-22(15-32(23)25)18-10-19(26)13-27-11-18/h4-7,12-19,31H,3,8-11H2,1-2H3,(H,30,33);2,6-9,12-18,30H,4,10-11H2,1,3H3,(H,29,32);4-7,10-16,29H,3,8-9H2,1-2H3,(H,28,31). The van der Waals surface area contributed by atoms with E-state index < -0.39 is 0 Å². The molecule has 1 aliphatic rings. The summed E-state index contributed by atoms with van der Waals surface area (Å²) in [6.07, 6.45) is 42.2. The molecule has 12 heterocycles. The highest BCUT2D eigenvalue weighted by Gasteiger charge is 2.25. The van der Waals surface area contributed by atoms with Crippen LogP contribution in [0.3, 0.4) is 0 Å². The Hall–Kier alpha value is -11.5. The zero-order valence-corrected chi connectivity index (χ0v) is 56.7. The highest BCUT2D eigenvalue weighted by Crippen LogP contribution is 2.41. The highest BCUT2D eigenvalue weighted by atomic mass is 19.1. The number of hydrogen-bond donors (Lipinski definition) is 6. The van der Waals surface area contributed by atoms with Crippen molar-refractivity contribution >= 4 is 67.1 Å². The molecule has 0 spiro atoms. The fourth-order valence-corrected chi connectivity index (χ4v) is 12.9.